The first kappa shape index (κ1) is 24.0. The normalized spacial score (nSPS) is 14.1. The van der Waals surface area contributed by atoms with Gasteiger partial charge in [0.25, 0.3) is 0 Å². The van der Waals surface area contributed by atoms with Crippen molar-refractivity contribution in [2.45, 2.75) is 13.3 Å². The van der Waals surface area contributed by atoms with Gasteiger partial charge in [-0.1, -0.05) is 29.8 Å². The molecule has 178 valence electrons. The van der Waals surface area contributed by atoms with Crippen LogP contribution in [0.3, 0.4) is 0 Å². The summed E-state index contributed by atoms with van der Waals surface area (Å²) in [4.78, 5) is 25.2. The summed E-state index contributed by atoms with van der Waals surface area (Å²) in [7, 11) is 5.50. The van der Waals surface area contributed by atoms with Crippen LogP contribution in [0.25, 0.3) is 27.6 Å². The molecule has 0 unspecified atom stereocenters. The van der Waals surface area contributed by atoms with E-state index < -0.39 is 0 Å². The number of ether oxygens (including phenoxy) is 2. The van der Waals surface area contributed by atoms with Crippen molar-refractivity contribution in [3.63, 3.8) is 0 Å². The Morgan fingerprint density at radius 1 is 1.24 bits per heavy atom. The Balaban J connectivity index is 1.83. The molecule has 8 heteroatoms. The van der Waals surface area contributed by atoms with Gasteiger partial charge in [-0.05, 0) is 48.2 Å². The Morgan fingerprint density at radius 3 is 2.71 bits per heavy atom. The number of carbonyl (C=O) groups excluding carboxylic acids is 1. The van der Waals surface area contributed by atoms with Crippen LogP contribution in [0.2, 0.25) is 5.02 Å². The number of carbonyl (C=O) groups is 1. The molecule has 0 saturated heterocycles. The Bertz CT molecular complexity index is 1240. The number of rotatable bonds is 7. The summed E-state index contributed by atoms with van der Waals surface area (Å²) in [6.45, 7) is 3.92. The van der Waals surface area contributed by atoms with Crippen molar-refractivity contribution in [2.75, 3.05) is 52.3 Å². The highest BCUT2D eigenvalue weighted by atomic mass is 35.5. The minimum Gasteiger partial charge on any atom is -0.494 e. The molecule has 0 bridgehead atoms. The minimum atomic E-state index is -0.196. The summed E-state index contributed by atoms with van der Waals surface area (Å²) in [5.74, 6) is 1.13. The van der Waals surface area contributed by atoms with E-state index in [9.17, 15) is 4.79 Å². The Hall–Kier alpha value is -3.16. The van der Waals surface area contributed by atoms with Crippen molar-refractivity contribution in [3.05, 3.63) is 53.2 Å². The Morgan fingerprint density at radius 2 is 2.06 bits per heavy atom. The zero-order valence-electron chi connectivity index (χ0n) is 20.0. The molecule has 0 atom stereocenters. The summed E-state index contributed by atoms with van der Waals surface area (Å²) in [6, 6.07) is 9.92. The van der Waals surface area contributed by atoms with E-state index in [1.165, 1.54) is 0 Å². The van der Waals surface area contributed by atoms with Gasteiger partial charge in [0.1, 0.15) is 5.52 Å². The van der Waals surface area contributed by atoms with E-state index >= 15 is 0 Å². The Kier molecular flexibility index (Phi) is 7.34. The average molecular weight is 481 g/mol. The van der Waals surface area contributed by atoms with Crippen molar-refractivity contribution in [2.24, 2.45) is 0 Å². The zero-order valence-corrected chi connectivity index (χ0v) is 20.7. The second-order valence-corrected chi connectivity index (χ2v) is 8.80. The number of nitrogens with zero attached hydrogens (tertiary/aromatic N) is 4. The maximum Gasteiger partial charge on any atom is 0.320 e. The third-order valence-corrected chi connectivity index (χ3v) is 6.09. The van der Waals surface area contributed by atoms with E-state index in [0.717, 1.165) is 51.9 Å². The molecule has 0 aliphatic carbocycles. The van der Waals surface area contributed by atoms with Gasteiger partial charge >= 0.3 is 5.97 Å². The summed E-state index contributed by atoms with van der Waals surface area (Å²) in [6.07, 6.45) is 4.78. The van der Waals surface area contributed by atoms with Crippen LogP contribution < -0.4 is 9.64 Å². The third kappa shape index (κ3) is 5.00. The number of methoxy groups -OCH3 is 1. The topological polar surface area (TPSA) is 67.8 Å². The molecule has 0 spiro atoms. The van der Waals surface area contributed by atoms with Crippen LogP contribution in [-0.4, -0.2) is 68.3 Å². The first-order valence-corrected chi connectivity index (χ1v) is 11.7. The lowest BCUT2D eigenvalue weighted by Gasteiger charge is -2.27. The van der Waals surface area contributed by atoms with Crippen LogP contribution in [0.4, 0.5) is 5.95 Å². The lowest BCUT2D eigenvalue weighted by atomic mass is 9.92. The quantitative estimate of drug-likeness (QED) is 0.455. The predicted molar refractivity (Wildman–Crippen MR) is 137 cm³/mol. The fourth-order valence-corrected chi connectivity index (χ4v) is 4.39. The molecular formula is C26H29ClN4O3. The van der Waals surface area contributed by atoms with Crippen LogP contribution >= 0.6 is 11.6 Å². The first-order chi connectivity index (χ1) is 16.4. The van der Waals surface area contributed by atoms with Crippen molar-refractivity contribution in [1.29, 1.82) is 0 Å². The summed E-state index contributed by atoms with van der Waals surface area (Å²) >= 11 is 6.32. The number of esters is 1. The summed E-state index contributed by atoms with van der Waals surface area (Å²) in [5.41, 5.74) is 4.89. The van der Waals surface area contributed by atoms with E-state index in [1.807, 2.05) is 56.4 Å². The molecule has 2 aromatic carbocycles. The number of aromatic nitrogens is 2. The Labute approximate surface area is 205 Å². The standard InChI is InChI=1S/C26H29ClN4O3/c1-5-34-23(32)16-31-11-9-17(10-12-31)21-14-20(18-7-6-8-19(27)13-18)22-15-28-26(30(2)3)29-24(22)25(21)33-4/h6-9,13-15H,5,10-12,16H2,1-4H3. The number of anilines is 1. The lowest BCUT2D eigenvalue weighted by molar-refractivity contribution is -0.144. The van der Waals surface area contributed by atoms with E-state index in [-0.39, 0.29) is 5.97 Å². The highest BCUT2D eigenvalue weighted by Crippen LogP contribution is 2.41. The summed E-state index contributed by atoms with van der Waals surface area (Å²) < 4.78 is 11.0. The van der Waals surface area contributed by atoms with Gasteiger partial charge in [0.2, 0.25) is 5.95 Å². The predicted octanol–water partition coefficient (Wildman–Crippen LogP) is 4.68. The van der Waals surface area contributed by atoms with Gasteiger partial charge in [-0.15, -0.1) is 0 Å². The molecule has 0 amide bonds. The van der Waals surface area contributed by atoms with Gasteiger partial charge in [-0.25, -0.2) is 9.97 Å². The van der Waals surface area contributed by atoms with Gasteiger partial charge in [0.05, 0.1) is 20.3 Å². The van der Waals surface area contributed by atoms with Crippen molar-refractivity contribution in [3.8, 4) is 16.9 Å². The molecule has 1 aliphatic heterocycles. The third-order valence-electron chi connectivity index (χ3n) is 5.85. The van der Waals surface area contributed by atoms with Crippen LogP contribution in [0.1, 0.15) is 18.9 Å². The molecule has 1 aliphatic rings. The number of hydrogen-bond acceptors (Lipinski definition) is 7. The maximum atomic E-state index is 11.9. The van der Waals surface area contributed by atoms with Gasteiger partial charge in [-0.2, -0.15) is 0 Å². The van der Waals surface area contributed by atoms with E-state index in [1.54, 1.807) is 7.11 Å². The van der Waals surface area contributed by atoms with Crippen LogP contribution in [0, 0.1) is 0 Å². The molecular weight excluding hydrogens is 452 g/mol. The number of hydrogen-bond donors (Lipinski definition) is 0. The number of halogens is 1. The van der Waals surface area contributed by atoms with Gasteiger partial charge in [0.15, 0.2) is 5.75 Å². The number of benzene rings is 2. The van der Waals surface area contributed by atoms with Gasteiger partial charge in [-0.3, -0.25) is 9.69 Å². The molecule has 0 saturated carbocycles. The van der Waals surface area contributed by atoms with Crippen LogP contribution in [-0.2, 0) is 9.53 Å². The van der Waals surface area contributed by atoms with Crippen LogP contribution in [0.15, 0.2) is 42.6 Å². The monoisotopic (exact) mass is 480 g/mol. The van der Waals surface area contributed by atoms with E-state index in [2.05, 4.69) is 22.0 Å². The molecule has 4 rings (SSSR count). The van der Waals surface area contributed by atoms with Crippen molar-refractivity contribution in [1.82, 2.24) is 14.9 Å². The molecule has 0 radical (unpaired) electrons. The fourth-order valence-electron chi connectivity index (χ4n) is 4.20. The second kappa shape index (κ2) is 10.4. The van der Waals surface area contributed by atoms with Gasteiger partial charge < -0.3 is 14.4 Å². The van der Waals surface area contributed by atoms with Crippen molar-refractivity contribution >= 4 is 40.0 Å². The smallest absolute Gasteiger partial charge is 0.320 e. The molecule has 1 aromatic heterocycles. The van der Waals surface area contributed by atoms with E-state index in [4.69, 9.17) is 26.1 Å². The second-order valence-electron chi connectivity index (χ2n) is 8.36. The molecule has 2 heterocycles. The van der Waals surface area contributed by atoms with Crippen LogP contribution in [0.5, 0.6) is 5.75 Å². The molecule has 7 nitrogen and oxygen atoms in total. The average Bonchev–Trinajstić information content (AvgIpc) is 2.83. The fraction of sp³-hybridized carbons (Fsp3) is 0.346. The lowest BCUT2D eigenvalue weighted by Crippen LogP contribution is -2.34. The summed E-state index contributed by atoms with van der Waals surface area (Å²) in [5, 5.41) is 1.56. The largest absolute Gasteiger partial charge is 0.494 e. The highest BCUT2D eigenvalue weighted by molar-refractivity contribution is 6.31. The number of fused-ring (bicyclic) bond motifs is 1. The van der Waals surface area contributed by atoms with Gasteiger partial charge in [0, 0.05) is 49.4 Å². The highest BCUT2D eigenvalue weighted by Gasteiger charge is 2.22. The molecule has 0 N–H and O–H groups in total. The zero-order chi connectivity index (χ0) is 24.2. The minimum absolute atomic E-state index is 0.196. The first-order valence-electron chi connectivity index (χ1n) is 11.3. The SMILES string of the molecule is CCOC(=O)CN1CC=C(c2cc(-c3cccc(Cl)c3)c3cnc(N(C)C)nc3c2OC)CC1. The van der Waals surface area contributed by atoms with Crippen molar-refractivity contribution < 1.29 is 14.3 Å². The molecule has 3 aromatic rings. The van der Waals surface area contributed by atoms with E-state index in [0.29, 0.717) is 30.7 Å². The molecule has 0 fully saturated rings. The molecule has 34 heavy (non-hydrogen) atoms. The maximum absolute atomic E-state index is 11.9.